The lowest BCUT2D eigenvalue weighted by molar-refractivity contribution is -0.923. The van der Waals surface area contributed by atoms with Crippen molar-refractivity contribution in [3.63, 3.8) is 0 Å². The van der Waals surface area contributed by atoms with Crippen LogP contribution in [0.5, 0.6) is 0 Å². The van der Waals surface area contributed by atoms with Gasteiger partial charge in [0.1, 0.15) is 12.6 Å². The molecule has 0 radical (unpaired) electrons. The van der Waals surface area contributed by atoms with E-state index < -0.39 is 0 Å². The summed E-state index contributed by atoms with van der Waals surface area (Å²) in [6.07, 6.45) is 4.36. The van der Waals surface area contributed by atoms with Gasteiger partial charge in [-0.05, 0) is 24.1 Å². The third-order valence-electron chi connectivity index (χ3n) is 7.30. The van der Waals surface area contributed by atoms with Crippen molar-refractivity contribution in [2.24, 2.45) is 5.92 Å². The summed E-state index contributed by atoms with van der Waals surface area (Å²) in [7, 11) is 3.91. The molecule has 0 amide bonds. The molecule has 0 saturated carbocycles. The van der Waals surface area contributed by atoms with Crippen LogP contribution < -0.4 is 5.32 Å². The monoisotopic (exact) mass is 337 g/mol. The number of likely N-dealkylation sites (N-methyl/N-ethyl adjacent to an activating group) is 1. The highest BCUT2D eigenvalue weighted by Gasteiger charge is 2.68. The fourth-order valence-corrected chi connectivity index (χ4v) is 6.23. The highest BCUT2D eigenvalue weighted by Crippen LogP contribution is 2.63. The van der Waals surface area contributed by atoms with Crippen molar-refractivity contribution in [2.45, 2.75) is 31.2 Å². The molecular formula is C21H25N2O2+. The minimum Gasteiger partial charge on any atom is -0.466 e. The number of hydrogen-bond donors (Lipinski definition) is 1. The number of benzene rings is 1. The highest BCUT2D eigenvalue weighted by molar-refractivity contribution is 5.94. The molecule has 3 aliphatic heterocycles. The van der Waals surface area contributed by atoms with Gasteiger partial charge < -0.3 is 14.5 Å². The van der Waals surface area contributed by atoms with Crippen LogP contribution in [0.3, 0.4) is 0 Å². The molecule has 0 aromatic heterocycles. The Morgan fingerprint density at radius 3 is 2.96 bits per heavy atom. The molecule has 1 aliphatic carbocycles. The number of carbonyl (C=O) groups is 1. The van der Waals surface area contributed by atoms with Crippen molar-refractivity contribution in [3.05, 3.63) is 52.7 Å². The Morgan fingerprint density at radius 2 is 2.20 bits per heavy atom. The van der Waals surface area contributed by atoms with Crippen LogP contribution in [0, 0.1) is 5.92 Å². The van der Waals surface area contributed by atoms with E-state index in [4.69, 9.17) is 4.74 Å². The fourth-order valence-electron chi connectivity index (χ4n) is 6.23. The van der Waals surface area contributed by atoms with E-state index in [1.165, 1.54) is 23.9 Å². The molecule has 2 fully saturated rings. The minimum atomic E-state index is -0.166. The summed E-state index contributed by atoms with van der Waals surface area (Å²) >= 11 is 0. The molecule has 1 spiro atoms. The maximum atomic E-state index is 12.8. The van der Waals surface area contributed by atoms with E-state index in [9.17, 15) is 4.79 Å². The number of hydrogen-bond acceptors (Lipinski definition) is 3. The van der Waals surface area contributed by atoms with Crippen molar-refractivity contribution in [2.75, 3.05) is 32.6 Å². The van der Waals surface area contributed by atoms with Crippen molar-refractivity contribution >= 4 is 11.7 Å². The van der Waals surface area contributed by atoms with Crippen LogP contribution >= 0.6 is 0 Å². The van der Waals surface area contributed by atoms with Crippen molar-refractivity contribution in [3.8, 4) is 0 Å². The van der Waals surface area contributed by atoms with Gasteiger partial charge in [-0.15, -0.1) is 0 Å². The number of allylic oxidation sites excluding steroid dienone is 1. The predicted molar refractivity (Wildman–Crippen MR) is 97.0 cm³/mol. The molecule has 1 aromatic rings. The molecule has 1 aromatic carbocycles. The maximum Gasteiger partial charge on any atom is 0.336 e. The van der Waals surface area contributed by atoms with Crippen molar-refractivity contribution < 1.29 is 14.0 Å². The molecule has 25 heavy (non-hydrogen) atoms. The predicted octanol–water partition coefficient (Wildman–Crippen LogP) is 2.98. The first kappa shape index (κ1) is 15.2. The average Bonchev–Trinajstić information content (AvgIpc) is 3.14. The molecule has 3 heterocycles. The number of rotatable bonds is 1. The number of ether oxygens (including phenoxy) is 1. The van der Waals surface area contributed by atoms with Gasteiger partial charge in [0.25, 0.3) is 0 Å². The van der Waals surface area contributed by atoms with Gasteiger partial charge in [-0.2, -0.15) is 0 Å². The van der Waals surface area contributed by atoms with Crippen LogP contribution in [0.25, 0.3) is 0 Å². The Morgan fingerprint density at radius 1 is 1.40 bits per heavy atom. The number of fused-ring (bicyclic) bond motifs is 2. The molecule has 1 N–H and O–H groups in total. The standard InChI is InChI=1S/C21H24N2O2/c1-4-13-12-23(2)10-9-21-15-7-5-6-8-16(15)22-19(21)18(20(24)25-3)14(13)11-17(21)23/h4-8,14,17H,9-12H2,1-3H3/p+1/b13-4-/t14?,17-,21+,23?/m0/s1. The number of methoxy groups -OCH3 is 1. The van der Waals surface area contributed by atoms with Crippen molar-refractivity contribution in [1.29, 1.82) is 0 Å². The van der Waals surface area contributed by atoms with Crippen LogP contribution in [-0.2, 0) is 14.9 Å². The molecule has 5 rings (SSSR count). The summed E-state index contributed by atoms with van der Waals surface area (Å²) in [6.45, 7) is 4.31. The number of para-hydroxylation sites is 1. The van der Waals surface area contributed by atoms with Gasteiger partial charge in [0.15, 0.2) is 0 Å². The number of quaternary nitrogens is 1. The summed E-state index contributed by atoms with van der Waals surface area (Å²) in [5.74, 6) is 0.0252. The van der Waals surface area contributed by atoms with E-state index in [0.29, 0.717) is 6.04 Å². The van der Waals surface area contributed by atoms with Crippen LogP contribution in [0.4, 0.5) is 5.69 Å². The molecule has 2 bridgehead atoms. The molecule has 4 nitrogen and oxygen atoms in total. The third-order valence-corrected chi connectivity index (χ3v) is 7.30. The van der Waals surface area contributed by atoms with E-state index in [1.807, 2.05) is 0 Å². The molecule has 4 aliphatic rings. The lowest BCUT2D eigenvalue weighted by Gasteiger charge is -2.51. The summed E-state index contributed by atoms with van der Waals surface area (Å²) in [5.41, 5.74) is 5.88. The van der Waals surface area contributed by atoms with E-state index in [0.717, 1.165) is 41.7 Å². The van der Waals surface area contributed by atoms with E-state index in [-0.39, 0.29) is 17.3 Å². The Bertz CT molecular complexity index is 855. The topological polar surface area (TPSA) is 38.3 Å². The zero-order chi connectivity index (χ0) is 17.4. The van der Waals surface area contributed by atoms with Crippen LogP contribution in [0.15, 0.2) is 47.2 Å². The zero-order valence-electron chi connectivity index (χ0n) is 15.1. The minimum absolute atomic E-state index is 0.0510. The number of piperidine rings is 1. The van der Waals surface area contributed by atoms with Crippen LogP contribution in [0.2, 0.25) is 0 Å². The Hall–Kier alpha value is -2.07. The first-order chi connectivity index (χ1) is 12.0. The van der Waals surface area contributed by atoms with Crippen LogP contribution in [-0.4, -0.2) is 43.7 Å². The summed E-state index contributed by atoms with van der Waals surface area (Å²) < 4.78 is 6.33. The van der Waals surface area contributed by atoms with Gasteiger partial charge in [-0.1, -0.05) is 24.3 Å². The quantitative estimate of drug-likeness (QED) is 0.486. The second kappa shape index (κ2) is 4.76. The first-order valence-corrected chi connectivity index (χ1v) is 9.24. The SMILES string of the molecule is C/C=C1/C[N+]2(C)CC[C@]34C(=C(C(=O)OC)C1C[C@@H]32)Nc1ccccc14. The normalized spacial score (nSPS) is 39.1. The van der Waals surface area contributed by atoms with Gasteiger partial charge in [-0.25, -0.2) is 4.79 Å². The van der Waals surface area contributed by atoms with Gasteiger partial charge >= 0.3 is 5.97 Å². The first-order valence-electron chi connectivity index (χ1n) is 9.24. The lowest BCUT2D eigenvalue weighted by atomic mass is 9.61. The largest absolute Gasteiger partial charge is 0.466 e. The number of esters is 1. The van der Waals surface area contributed by atoms with Gasteiger partial charge in [0.05, 0.1) is 31.7 Å². The molecule has 2 saturated heterocycles. The van der Waals surface area contributed by atoms with Gasteiger partial charge in [0.2, 0.25) is 0 Å². The molecule has 4 atom stereocenters. The molecule has 4 heteroatoms. The average molecular weight is 337 g/mol. The summed E-state index contributed by atoms with van der Waals surface area (Å²) in [5, 5.41) is 3.65. The number of nitrogens with zero attached hydrogens (tertiary/aromatic N) is 1. The Balaban J connectivity index is 1.84. The third kappa shape index (κ3) is 1.64. The summed E-state index contributed by atoms with van der Waals surface area (Å²) in [6, 6.07) is 9.13. The second-order valence-corrected chi connectivity index (χ2v) is 8.20. The number of anilines is 1. The fraction of sp³-hybridized carbons (Fsp3) is 0.476. The zero-order valence-corrected chi connectivity index (χ0v) is 15.1. The van der Waals surface area contributed by atoms with E-state index >= 15 is 0 Å². The van der Waals surface area contributed by atoms with Crippen LogP contribution in [0.1, 0.15) is 25.3 Å². The smallest absolute Gasteiger partial charge is 0.336 e. The van der Waals surface area contributed by atoms with Gasteiger partial charge in [-0.3, -0.25) is 0 Å². The van der Waals surface area contributed by atoms with E-state index in [2.05, 4.69) is 49.6 Å². The number of carbonyl (C=O) groups excluding carboxylic acids is 1. The Labute approximate surface area is 148 Å². The second-order valence-electron chi connectivity index (χ2n) is 8.20. The van der Waals surface area contributed by atoms with E-state index in [1.54, 1.807) is 0 Å². The van der Waals surface area contributed by atoms with Crippen molar-refractivity contribution in [1.82, 2.24) is 0 Å². The highest BCUT2D eigenvalue weighted by atomic mass is 16.5. The molecule has 130 valence electrons. The van der Waals surface area contributed by atoms with Gasteiger partial charge in [0, 0.05) is 30.1 Å². The molecular weight excluding hydrogens is 312 g/mol. The summed E-state index contributed by atoms with van der Waals surface area (Å²) in [4.78, 5) is 12.8. The Kier molecular flexibility index (Phi) is 2.89. The maximum absolute atomic E-state index is 12.8. The number of nitrogens with one attached hydrogen (secondary N) is 1. The lowest BCUT2D eigenvalue weighted by Crippen LogP contribution is -2.61. The molecule has 2 unspecified atom stereocenters.